The zero-order chi connectivity index (χ0) is 32.3. The van der Waals surface area contributed by atoms with Gasteiger partial charge in [-0.05, 0) is 89.4 Å². The molecule has 1 saturated carbocycles. The summed E-state index contributed by atoms with van der Waals surface area (Å²) in [6, 6.07) is 35.7. The molecule has 46 heavy (non-hydrogen) atoms. The zero-order valence-electron chi connectivity index (χ0n) is 27.4. The molecule has 0 amide bonds. The first-order chi connectivity index (χ1) is 22.3. The molecule has 0 aromatic heterocycles. The number of hydrogen-bond acceptors (Lipinski definition) is 6. The van der Waals surface area contributed by atoms with Crippen molar-refractivity contribution < 1.29 is 19.0 Å². The predicted octanol–water partition coefficient (Wildman–Crippen LogP) is 8.41. The van der Waals surface area contributed by atoms with E-state index in [1.807, 2.05) is 83.9 Å². The molecule has 4 aromatic carbocycles. The quantitative estimate of drug-likeness (QED) is 0.177. The van der Waals surface area contributed by atoms with Crippen molar-refractivity contribution in [1.29, 1.82) is 0 Å². The largest absolute Gasteiger partial charge is 0.497 e. The third-order valence-corrected chi connectivity index (χ3v) is 9.98. The van der Waals surface area contributed by atoms with E-state index in [4.69, 9.17) is 19.3 Å². The lowest BCUT2D eigenvalue weighted by Gasteiger charge is -2.44. The van der Waals surface area contributed by atoms with E-state index in [1.54, 1.807) is 14.2 Å². The third-order valence-electron chi connectivity index (χ3n) is 9.98. The molecule has 0 unspecified atom stereocenters. The Balaban J connectivity index is 1.41. The van der Waals surface area contributed by atoms with Crippen molar-refractivity contribution >= 4 is 17.4 Å². The van der Waals surface area contributed by atoms with Crippen LogP contribution in [-0.2, 0) is 14.9 Å². The highest BCUT2D eigenvalue weighted by Crippen LogP contribution is 2.45. The monoisotopic (exact) mass is 616 g/mol. The summed E-state index contributed by atoms with van der Waals surface area (Å²) in [4.78, 5) is 14.8. The fourth-order valence-corrected chi connectivity index (χ4v) is 7.30. The Morgan fingerprint density at radius 3 is 1.98 bits per heavy atom. The van der Waals surface area contributed by atoms with Gasteiger partial charge < -0.3 is 14.2 Å². The number of methoxy groups -OCH3 is 2. The summed E-state index contributed by atoms with van der Waals surface area (Å²) in [6.07, 6.45) is 2.74. The SMILES string of the molecule is COc1ccc(C2=NN(c3ccccc3)[C@H](C(=O)O[C@@H]3C[C@H](C)CC[C@H]3C(C)(C)c3ccccc3)[C@H]2c2ccc(OC)cc2)cc1. The lowest BCUT2D eigenvalue weighted by molar-refractivity contribution is -0.158. The Bertz CT molecular complexity index is 1630. The van der Waals surface area contributed by atoms with Gasteiger partial charge in [0.2, 0.25) is 0 Å². The minimum Gasteiger partial charge on any atom is -0.497 e. The molecule has 1 aliphatic carbocycles. The van der Waals surface area contributed by atoms with E-state index in [-0.39, 0.29) is 29.3 Å². The zero-order valence-corrected chi connectivity index (χ0v) is 27.4. The number of ether oxygens (including phenoxy) is 3. The van der Waals surface area contributed by atoms with Crippen LogP contribution in [0.4, 0.5) is 5.69 Å². The second-order valence-electron chi connectivity index (χ2n) is 13.2. The Hall–Kier alpha value is -4.58. The number of hydrazone groups is 1. The van der Waals surface area contributed by atoms with Crippen molar-refractivity contribution in [3.05, 3.63) is 126 Å². The molecule has 1 fully saturated rings. The maximum Gasteiger partial charge on any atom is 0.332 e. The van der Waals surface area contributed by atoms with Gasteiger partial charge in [0, 0.05) is 5.92 Å². The highest BCUT2D eigenvalue weighted by atomic mass is 16.5. The number of nitrogens with zero attached hydrogens (tertiary/aromatic N) is 2. The van der Waals surface area contributed by atoms with Crippen LogP contribution in [0.1, 0.15) is 62.6 Å². The molecule has 0 saturated heterocycles. The molecule has 1 aliphatic heterocycles. The molecule has 1 heterocycles. The molecule has 238 valence electrons. The maximum absolute atomic E-state index is 14.8. The van der Waals surface area contributed by atoms with Gasteiger partial charge in [-0.25, -0.2) is 9.80 Å². The minimum atomic E-state index is -0.703. The molecule has 5 atom stereocenters. The van der Waals surface area contributed by atoms with Crippen LogP contribution in [-0.4, -0.2) is 38.0 Å². The number of carbonyl (C=O) groups is 1. The number of benzene rings is 4. The molecule has 4 aromatic rings. The summed E-state index contributed by atoms with van der Waals surface area (Å²) in [6.45, 7) is 6.85. The molecule has 0 radical (unpaired) electrons. The van der Waals surface area contributed by atoms with Crippen LogP contribution in [0.25, 0.3) is 0 Å². The van der Waals surface area contributed by atoms with Crippen molar-refractivity contribution in [3.8, 4) is 11.5 Å². The smallest absolute Gasteiger partial charge is 0.332 e. The molecular weight excluding hydrogens is 572 g/mol. The van der Waals surface area contributed by atoms with Crippen molar-refractivity contribution in [1.82, 2.24) is 0 Å². The van der Waals surface area contributed by atoms with Crippen LogP contribution in [0, 0.1) is 11.8 Å². The summed E-state index contributed by atoms with van der Waals surface area (Å²) in [5.74, 6) is 1.53. The fraction of sp³-hybridized carbons (Fsp3) is 0.350. The van der Waals surface area contributed by atoms with Gasteiger partial charge in [0.1, 0.15) is 17.6 Å². The van der Waals surface area contributed by atoms with Gasteiger partial charge in [0.05, 0.1) is 31.5 Å². The molecule has 2 aliphatic rings. The van der Waals surface area contributed by atoms with E-state index >= 15 is 0 Å². The normalized spacial score (nSPS) is 23.0. The van der Waals surface area contributed by atoms with Crippen molar-refractivity contribution in [2.45, 2.75) is 63.5 Å². The van der Waals surface area contributed by atoms with Crippen LogP contribution in [0.3, 0.4) is 0 Å². The second kappa shape index (κ2) is 13.4. The van der Waals surface area contributed by atoms with Crippen molar-refractivity contribution in [3.63, 3.8) is 0 Å². The van der Waals surface area contributed by atoms with E-state index < -0.39 is 6.04 Å². The average Bonchev–Trinajstić information content (AvgIpc) is 3.50. The standard InChI is InChI=1S/C40H44N2O4/c1-27-16-25-34(40(2,3)30-12-8-6-9-13-30)35(26-27)46-39(43)38-36(28-17-21-32(44-4)22-18-28)37(29-19-23-33(45-5)24-20-29)41-42(38)31-14-10-7-11-15-31/h6-15,17-24,27,34-36,38H,16,25-26H2,1-5H3/t27-,34-,35-,36+,38+/m1/s1. The first-order valence-electron chi connectivity index (χ1n) is 16.3. The Morgan fingerprint density at radius 2 is 1.37 bits per heavy atom. The van der Waals surface area contributed by atoms with E-state index in [9.17, 15) is 4.79 Å². The predicted molar refractivity (Wildman–Crippen MR) is 184 cm³/mol. The van der Waals surface area contributed by atoms with Crippen LogP contribution in [0.2, 0.25) is 0 Å². The van der Waals surface area contributed by atoms with E-state index in [0.717, 1.165) is 53.3 Å². The Kier molecular flexibility index (Phi) is 9.16. The molecule has 6 nitrogen and oxygen atoms in total. The maximum atomic E-state index is 14.8. The van der Waals surface area contributed by atoms with E-state index in [0.29, 0.717) is 5.92 Å². The fourth-order valence-electron chi connectivity index (χ4n) is 7.30. The van der Waals surface area contributed by atoms with Crippen LogP contribution in [0.15, 0.2) is 114 Å². The van der Waals surface area contributed by atoms with Gasteiger partial charge in [0.25, 0.3) is 0 Å². The third kappa shape index (κ3) is 6.26. The number of hydrogen-bond donors (Lipinski definition) is 0. The number of para-hydroxylation sites is 1. The lowest BCUT2D eigenvalue weighted by atomic mass is 9.64. The summed E-state index contributed by atoms with van der Waals surface area (Å²) in [7, 11) is 3.31. The molecule has 6 rings (SSSR count). The van der Waals surface area contributed by atoms with Gasteiger partial charge in [0.15, 0.2) is 6.04 Å². The van der Waals surface area contributed by atoms with Crippen LogP contribution < -0.4 is 14.5 Å². The Morgan fingerprint density at radius 1 is 0.783 bits per heavy atom. The molecular formula is C40H44N2O4. The van der Waals surface area contributed by atoms with Gasteiger partial charge in [-0.2, -0.15) is 5.10 Å². The number of anilines is 1. The topological polar surface area (TPSA) is 60.4 Å². The van der Waals surface area contributed by atoms with E-state index in [2.05, 4.69) is 51.1 Å². The highest BCUT2D eigenvalue weighted by Gasteiger charge is 2.48. The van der Waals surface area contributed by atoms with E-state index in [1.165, 1.54) is 5.56 Å². The summed E-state index contributed by atoms with van der Waals surface area (Å²) < 4.78 is 17.7. The lowest BCUT2D eigenvalue weighted by Crippen LogP contribution is -2.47. The summed E-state index contributed by atoms with van der Waals surface area (Å²) >= 11 is 0. The number of rotatable bonds is 9. The first-order valence-corrected chi connectivity index (χ1v) is 16.3. The molecule has 6 heteroatoms. The average molecular weight is 617 g/mol. The first kappa shape index (κ1) is 31.4. The van der Waals surface area contributed by atoms with Crippen molar-refractivity contribution in [2.24, 2.45) is 16.9 Å². The van der Waals surface area contributed by atoms with Crippen molar-refractivity contribution in [2.75, 3.05) is 19.2 Å². The van der Waals surface area contributed by atoms with Gasteiger partial charge in [-0.15, -0.1) is 0 Å². The van der Waals surface area contributed by atoms with Crippen LogP contribution >= 0.6 is 0 Å². The van der Waals surface area contributed by atoms with Gasteiger partial charge in [-0.3, -0.25) is 0 Å². The number of esters is 1. The van der Waals surface area contributed by atoms with Crippen LogP contribution in [0.5, 0.6) is 11.5 Å². The minimum absolute atomic E-state index is 0.165. The molecule has 0 N–H and O–H groups in total. The molecule has 0 bridgehead atoms. The summed E-state index contributed by atoms with van der Waals surface area (Å²) in [5, 5.41) is 7.05. The second-order valence-corrected chi connectivity index (χ2v) is 13.2. The molecule has 0 spiro atoms. The summed E-state index contributed by atoms with van der Waals surface area (Å²) in [5.41, 5.74) is 4.63. The van der Waals surface area contributed by atoms with Gasteiger partial charge >= 0.3 is 5.97 Å². The number of carbonyl (C=O) groups excluding carboxylic acids is 1. The van der Waals surface area contributed by atoms with Gasteiger partial charge in [-0.1, -0.05) is 87.9 Å². The highest BCUT2D eigenvalue weighted by molar-refractivity contribution is 6.11. The Labute approximate surface area is 273 Å².